The Hall–Kier alpha value is -3.07. The lowest BCUT2D eigenvalue weighted by molar-refractivity contribution is -0.140. The maximum absolute atomic E-state index is 14.0. The van der Waals surface area contributed by atoms with Gasteiger partial charge < -0.3 is 10.2 Å². The number of carbonyl (C=O) groups excluding carboxylic acids is 2. The second-order valence-corrected chi connectivity index (χ2v) is 12.3. The van der Waals surface area contributed by atoms with Crippen molar-refractivity contribution in [3.05, 3.63) is 93.5 Å². The van der Waals surface area contributed by atoms with Crippen molar-refractivity contribution < 1.29 is 18.0 Å². The fourth-order valence-electron chi connectivity index (χ4n) is 4.20. The van der Waals surface area contributed by atoms with E-state index >= 15 is 0 Å². The highest BCUT2D eigenvalue weighted by Crippen LogP contribution is 2.27. The number of hydrogen-bond donors (Lipinski definition) is 1. The van der Waals surface area contributed by atoms with Gasteiger partial charge in [0.15, 0.2) is 0 Å². The Balaban J connectivity index is 2.06. The molecule has 0 heterocycles. The van der Waals surface area contributed by atoms with Gasteiger partial charge in [-0.3, -0.25) is 13.9 Å². The van der Waals surface area contributed by atoms with Crippen molar-refractivity contribution in [2.24, 2.45) is 0 Å². The Labute approximate surface area is 247 Å². The van der Waals surface area contributed by atoms with E-state index in [0.717, 1.165) is 21.9 Å². The summed E-state index contributed by atoms with van der Waals surface area (Å²) in [5, 5.41) is 3.55. The van der Waals surface area contributed by atoms with Crippen molar-refractivity contribution in [1.82, 2.24) is 10.2 Å². The van der Waals surface area contributed by atoms with Gasteiger partial charge in [-0.2, -0.15) is 0 Å². The first-order valence-electron chi connectivity index (χ1n) is 13.1. The summed E-state index contributed by atoms with van der Waals surface area (Å²) in [6.45, 7) is 7.52. The number of sulfonamides is 1. The second kappa shape index (κ2) is 14.0. The molecule has 0 saturated carbocycles. The number of nitrogens with one attached hydrogen (secondary N) is 1. The number of benzene rings is 3. The van der Waals surface area contributed by atoms with E-state index < -0.39 is 28.5 Å². The first-order valence-corrected chi connectivity index (χ1v) is 15.3. The van der Waals surface area contributed by atoms with E-state index in [0.29, 0.717) is 34.3 Å². The third-order valence-electron chi connectivity index (χ3n) is 6.48. The van der Waals surface area contributed by atoms with Gasteiger partial charge in [0.25, 0.3) is 10.0 Å². The average molecular weight is 605 g/mol. The number of nitrogens with zero attached hydrogens (tertiary/aromatic N) is 2. The monoisotopic (exact) mass is 603 g/mol. The summed E-state index contributed by atoms with van der Waals surface area (Å²) in [6, 6.07) is 17.6. The Morgan fingerprint density at radius 1 is 0.875 bits per heavy atom. The summed E-state index contributed by atoms with van der Waals surface area (Å²) in [7, 11) is -4.12. The van der Waals surface area contributed by atoms with E-state index in [1.165, 1.54) is 17.0 Å². The molecule has 214 valence electrons. The summed E-state index contributed by atoms with van der Waals surface area (Å²) in [5.74, 6) is -0.832. The zero-order valence-electron chi connectivity index (χ0n) is 23.2. The van der Waals surface area contributed by atoms with Crippen LogP contribution in [-0.4, -0.2) is 44.3 Å². The molecule has 0 aromatic heterocycles. The summed E-state index contributed by atoms with van der Waals surface area (Å²) in [4.78, 5) is 28.7. The van der Waals surface area contributed by atoms with E-state index in [9.17, 15) is 18.0 Å². The predicted octanol–water partition coefficient (Wildman–Crippen LogP) is 6.14. The van der Waals surface area contributed by atoms with Gasteiger partial charge in [0.2, 0.25) is 11.8 Å². The van der Waals surface area contributed by atoms with Crippen molar-refractivity contribution in [1.29, 1.82) is 0 Å². The van der Waals surface area contributed by atoms with Crippen molar-refractivity contribution in [2.45, 2.75) is 58.0 Å². The van der Waals surface area contributed by atoms with Gasteiger partial charge in [0, 0.05) is 13.1 Å². The van der Waals surface area contributed by atoms with Crippen molar-refractivity contribution in [3.8, 4) is 0 Å². The van der Waals surface area contributed by atoms with E-state index in [-0.39, 0.29) is 17.3 Å². The molecule has 0 aliphatic rings. The highest BCUT2D eigenvalue weighted by Gasteiger charge is 2.33. The van der Waals surface area contributed by atoms with Crippen LogP contribution in [0.1, 0.15) is 43.4 Å². The summed E-state index contributed by atoms with van der Waals surface area (Å²) in [6.07, 6.45) is 1.07. The molecule has 0 aliphatic heterocycles. The number of anilines is 1. The van der Waals surface area contributed by atoms with E-state index in [2.05, 4.69) is 5.32 Å². The molecule has 0 aliphatic carbocycles. The Morgan fingerprint density at radius 2 is 1.48 bits per heavy atom. The normalized spacial score (nSPS) is 12.1. The first-order chi connectivity index (χ1) is 19.0. The molecule has 40 heavy (non-hydrogen) atoms. The van der Waals surface area contributed by atoms with Gasteiger partial charge in [-0.15, -0.1) is 0 Å². The van der Waals surface area contributed by atoms with Crippen molar-refractivity contribution >= 4 is 50.7 Å². The predicted molar refractivity (Wildman–Crippen MR) is 161 cm³/mol. The molecule has 0 spiro atoms. The van der Waals surface area contributed by atoms with E-state index in [1.54, 1.807) is 54.6 Å². The summed E-state index contributed by atoms with van der Waals surface area (Å²) in [5.41, 5.74) is 2.86. The Morgan fingerprint density at radius 3 is 2.02 bits per heavy atom. The number of carbonyl (C=O) groups is 2. The third kappa shape index (κ3) is 7.77. The molecular formula is C30H35Cl2N3O4S. The molecule has 3 aromatic rings. The lowest BCUT2D eigenvalue weighted by Gasteiger charge is -2.33. The number of aryl methyl sites for hydroxylation is 2. The number of hydrogen-bond acceptors (Lipinski definition) is 4. The van der Waals surface area contributed by atoms with Crippen LogP contribution in [0.15, 0.2) is 71.6 Å². The maximum Gasteiger partial charge on any atom is 0.264 e. The molecule has 0 radical (unpaired) electrons. The van der Waals surface area contributed by atoms with Crippen LogP contribution in [0.2, 0.25) is 10.0 Å². The molecule has 0 bridgehead atoms. The van der Waals surface area contributed by atoms with Crippen LogP contribution >= 0.6 is 23.2 Å². The smallest absolute Gasteiger partial charge is 0.264 e. The zero-order chi connectivity index (χ0) is 29.4. The van der Waals surface area contributed by atoms with Crippen molar-refractivity contribution in [3.63, 3.8) is 0 Å². The summed E-state index contributed by atoms with van der Waals surface area (Å²) >= 11 is 12.3. The van der Waals surface area contributed by atoms with Gasteiger partial charge >= 0.3 is 0 Å². The average Bonchev–Trinajstić information content (AvgIpc) is 2.93. The van der Waals surface area contributed by atoms with E-state index in [1.807, 2.05) is 27.7 Å². The minimum atomic E-state index is -4.12. The van der Waals surface area contributed by atoms with Crippen LogP contribution in [0.25, 0.3) is 0 Å². The molecule has 0 fully saturated rings. The Kier molecular flexibility index (Phi) is 11.0. The standard InChI is InChI=1S/C30H35Cl2N3O4S/c1-5-17-33-30(37)28(6-2)34(19-23-11-16-26(31)27(32)18-23)29(36)20-35(24-12-7-21(3)8-13-24)40(38,39)25-14-9-22(4)10-15-25/h7-16,18,28H,5-6,17,19-20H2,1-4H3,(H,33,37). The first kappa shape index (κ1) is 31.5. The topological polar surface area (TPSA) is 86.8 Å². The van der Waals surface area contributed by atoms with Gasteiger partial charge in [0.05, 0.1) is 20.6 Å². The zero-order valence-corrected chi connectivity index (χ0v) is 25.5. The van der Waals surface area contributed by atoms with Crippen LogP contribution in [0.3, 0.4) is 0 Å². The van der Waals surface area contributed by atoms with Crippen LogP contribution in [0.4, 0.5) is 5.69 Å². The SMILES string of the molecule is CCCNC(=O)C(CC)N(Cc1ccc(Cl)c(Cl)c1)C(=O)CN(c1ccc(C)cc1)S(=O)(=O)c1ccc(C)cc1. The van der Waals surface area contributed by atoms with Crippen LogP contribution < -0.4 is 9.62 Å². The highest BCUT2D eigenvalue weighted by atomic mass is 35.5. The molecule has 2 amide bonds. The number of amides is 2. The number of halogens is 2. The Bertz CT molecular complexity index is 1430. The minimum Gasteiger partial charge on any atom is -0.354 e. The van der Waals surface area contributed by atoms with Crippen molar-refractivity contribution in [2.75, 3.05) is 17.4 Å². The lowest BCUT2D eigenvalue weighted by Crippen LogP contribution is -2.52. The molecule has 3 rings (SSSR count). The van der Waals surface area contributed by atoms with Gasteiger partial charge in [-0.05, 0) is 68.7 Å². The minimum absolute atomic E-state index is 0.0418. The third-order valence-corrected chi connectivity index (χ3v) is 9.01. The van der Waals surface area contributed by atoms with Gasteiger partial charge in [-0.1, -0.05) is 78.5 Å². The van der Waals surface area contributed by atoms with Crippen LogP contribution in [0.5, 0.6) is 0 Å². The molecule has 1 N–H and O–H groups in total. The molecule has 0 saturated heterocycles. The fraction of sp³-hybridized carbons (Fsp3) is 0.333. The molecule has 3 aromatic carbocycles. The van der Waals surface area contributed by atoms with E-state index in [4.69, 9.17) is 23.2 Å². The molecule has 7 nitrogen and oxygen atoms in total. The largest absolute Gasteiger partial charge is 0.354 e. The molecule has 1 atom stereocenters. The molecule has 1 unspecified atom stereocenters. The highest BCUT2D eigenvalue weighted by molar-refractivity contribution is 7.92. The fourth-order valence-corrected chi connectivity index (χ4v) is 5.93. The number of rotatable bonds is 12. The van der Waals surface area contributed by atoms with Crippen LogP contribution in [0, 0.1) is 13.8 Å². The van der Waals surface area contributed by atoms with Gasteiger partial charge in [-0.25, -0.2) is 8.42 Å². The molecule has 10 heteroatoms. The molecular weight excluding hydrogens is 569 g/mol. The maximum atomic E-state index is 14.0. The summed E-state index contributed by atoms with van der Waals surface area (Å²) < 4.78 is 28.9. The second-order valence-electron chi connectivity index (χ2n) is 9.65. The van der Waals surface area contributed by atoms with Crippen LogP contribution in [-0.2, 0) is 26.2 Å². The van der Waals surface area contributed by atoms with Gasteiger partial charge in [0.1, 0.15) is 12.6 Å². The quantitative estimate of drug-likeness (QED) is 0.269. The lowest BCUT2D eigenvalue weighted by atomic mass is 10.1.